The Morgan fingerprint density at radius 3 is 2.94 bits per heavy atom. The number of fused-ring (bicyclic) bond motifs is 1. The van der Waals surface area contributed by atoms with Crippen LogP contribution in [0.25, 0.3) is 17.0 Å². The zero-order chi connectivity index (χ0) is 11.8. The van der Waals surface area contributed by atoms with E-state index in [9.17, 15) is 0 Å². The first-order valence-corrected chi connectivity index (χ1v) is 5.13. The van der Waals surface area contributed by atoms with Gasteiger partial charge in [0.2, 0.25) is 5.95 Å². The fourth-order valence-electron chi connectivity index (χ4n) is 1.73. The van der Waals surface area contributed by atoms with E-state index in [4.69, 9.17) is 5.73 Å². The lowest BCUT2D eigenvalue weighted by Crippen LogP contribution is -2.01. The Morgan fingerprint density at radius 2 is 2.12 bits per heavy atom. The van der Waals surface area contributed by atoms with Crippen LogP contribution in [0.3, 0.4) is 0 Å². The predicted octanol–water partition coefficient (Wildman–Crippen LogP) is 1.08. The first kappa shape index (κ1) is 9.71. The van der Waals surface area contributed by atoms with Crippen molar-refractivity contribution in [2.45, 2.75) is 6.92 Å². The summed E-state index contributed by atoms with van der Waals surface area (Å²) >= 11 is 0. The normalized spacial score (nSPS) is 10.9. The summed E-state index contributed by atoms with van der Waals surface area (Å²) in [6, 6.07) is 3.74. The Hall–Kier alpha value is -2.50. The second-order valence-electron chi connectivity index (χ2n) is 3.77. The summed E-state index contributed by atoms with van der Waals surface area (Å²) in [6.07, 6.45) is 5.13. The van der Waals surface area contributed by atoms with Gasteiger partial charge in [0.05, 0.1) is 0 Å². The Morgan fingerprint density at radius 1 is 1.24 bits per heavy atom. The van der Waals surface area contributed by atoms with Crippen LogP contribution in [0.15, 0.2) is 30.7 Å². The average Bonchev–Trinajstić information content (AvgIpc) is 2.74. The van der Waals surface area contributed by atoms with Gasteiger partial charge in [-0.15, -0.1) is 10.2 Å². The Kier molecular flexibility index (Phi) is 2.01. The van der Waals surface area contributed by atoms with Gasteiger partial charge in [-0.1, -0.05) is 0 Å². The van der Waals surface area contributed by atoms with E-state index < -0.39 is 0 Å². The number of nitrogens with two attached hydrogens (primary N) is 1. The first-order chi connectivity index (χ1) is 8.25. The number of hydrogen-bond donors (Lipinski definition) is 1. The minimum Gasteiger partial charge on any atom is -0.369 e. The molecule has 0 fully saturated rings. The fraction of sp³-hybridized carbons (Fsp3) is 0.0909. The van der Waals surface area contributed by atoms with E-state index in [-0.39, 0.29) is 0 Å². The lowest BCUT2D eigenvalue weighted by Gasteiger charge is -2.02. The molecular formula is C11H10N6. The Labute approximate surface area is 97.2 Å². The molecular weight excluding hydrogens is 216 g/mol. The van der Waals surface area contributed by atoms with E-state index in [2.05, 4.69) is 20.2 Å². The highest BCUT2D eigenvalue weighted by Crippen LogP contribution is 2.19. The van der Waals surface area contributed by atoms with E-state index in [1.165, 1.54) is 0 Å². The third kappa shape index (κ3) is 1.50. The minimum absolute atomic E-state index is 0.365. The third-order valence-electron chi connectivity index (χ3n) is 2.48. The zero-order valence-corrected chi connectivity index (χ0v) is 9.20. The van der Waals surface area contributed by atoms with Crippen molar-refractivity contribution in [1.29, 1.82) is 0 Å². The van der Waals surface area contributed by atoms with Gasteiger partial charge in [0, 0.05) is 30.2 Å². The molecule has 17 heavy (non-hydrogen) atoms. The zero-order valence-electron chi connectivity index (χ0n) is 9.20. The highest BCUT2D eigenvalue weighted by Gasteiger charge is 2.10. The lowest BCUT2D eigenvalue weighted by molar-refractivity contribution is 1.09. The van der Waals surface area contributed by atoms with Gasteiger partial charge >= 0.3 is 0 Å². The highest BCUT2D eigenvalue weighted by molar-refractivity contribution is 5.61. The van der Waals surface area contributed by atoms with Gasteiger partial charge in [-0.05, 0) is 18.6 Å². The van der Waals surface area contributed by atoms with Gasteiger partial charge in [0.1, 0.15) is 0 Å². The van der Waals surface area contributed by atoms with Gasteiger partial charge < -0.3 is 5.73 Å². The molecule has 0 bridgehead atoms. The number of nitrogen functional groups attached to an aromatic ring is 1. The molecule has 0 saturated carbocycles. The van der Waals surface area contributed by atoms with Gasteiger partial charge in [-0.2, -0.15) is 0 Å². The summed E-state index contributed by atoms with van der Waals surface area (Å²) in [5.74, 6) is 1.02. The van der Waals surface area contributed by atoms with Crippen LogP contribution >= 0.6 is 0 Å². The van der Waals surface area contributed by atoms with Gasteiger partial charge in [-0.25, -0.2) is 9.38 Å². The predicted molar refractivity (Wildman–Crippen MR) is 63.2 cm³/mol. The molecule has 0 aliphatic carbocycles. The maximum Gasteiger partial charge on any atom is 0.207 e. The largest absolute Gasteiger partial charge is 0.369 e. The van der Waals surface area contributed by atoms with Crippen LogP contribution in [0.4, 0.5) is 5.95 Å². The van der Waals surface area contributed by atoms with Crippen LogP contribution < -0.4 is 5.73 Å². The van der Waals surface area contributed by atoms with Crippen molar-refractivity contribution in [3.63, 3.8) is 0 Å². The van der Waals surface area contributed by atoms with Crippen LogP contribution in [0.2, 0.25) is 0 Å². The average molecular weight is 226 g/mol. The van der Waals surface area contributed by atoms with E-state index in [1.807, 2.05) is 13.0 Å². The molecule has 3 rings (SSSR count). The lowest BCUT2D eigenvalue weighted by atomic mass is 10.2. The molecule has 0 saturated heterocycles. The number of aryl methyl sites for hydroxylation is 1. The smallest absolute Gasteiger partial charge is 0.207 e. The highest BCUT2D eigenvalue weighted by atomic mass is 15.3. The maximum absolute atomic E-state index is 5.83. The molecule has 0 aliphatic heterocycles. The number of hydrogen-bond acceptors (Lipinski definition) is 5. The summed E-state index contributed by atoms with van der Waals surface area (Å²) in [4.78, 5) is 8.16. The number of aromatic nitrogens is 5. The van der Waals surface area contributed by atoms with Crippen molar-refractivity contribution in [2.24, 2.45) is 0 Å². The number of anilines is 1. The van der Waals surface area contributed by atoms with E-state index >= 15 is 0 Å². The second kappa shape index (κ2) is 3.51. The number of nitrogens with zero attached hydrogens (tertiary/aromatic N) is 5. The van der Waals surface area contributed by atoms with Gasteiger partial charge in [-0.3, -0.25) is 4.98 Å². The molecule has 0 spiro atoms. The standard InChI is InChI=1S/C11H10N6/c1-7-4-8(6-13-5-7)10-16-15-9-2-3-14-11(12)17(9)10/h2-6H,1H3,(H2,12,14). The molecule has 0 radical (unpaired) electrons. The molecule has 0 amide bonds. The topological polar surface area (TPSA) is 82.0 Å². The summed E-state index contributed by atoms with van der Waals surface area (Å²) in [7, 11) is 0. The third-order valence-corrected chi connectivity index (χ3v) is 2.48. The SMILES string of the molecule is Cc1cncc(-c2nnc3ccnc(N)n23)c1. The fourth-order valence-corrected chi connectivity index (χ4v) is 1.73. The Balaban J connectivity index is 2.31. The number of rotatable bonds is 1. The molecule has 6 nitrogen and oxygen atoms in total. The molecule has 3 aromatic rings. The van der Waals surface area contributed by atoms with Crippen LogP contribution in [-0.2, 0) is 0 Å². The number of pyridine rings is 1. The molecule has 0 aromatic carbocycles. The summed E-state index contributed by atoms with van der Waals surface area (Å²) < 4.78 is 1.70. The van der Waals surface area contributed by atoms with E-state index in [1.54, 1.807) is 29.1 Å². The van der Waals surface area contributed by atoms with Crippen LogP contribution in [0.1, 0.15) is 5.56 Å². The Bertz CT molecular complexity index is 687. The van der Waals surface area contributed by atoms with Crippen molar-refractivity contribution in [1.82, 2.24) is 24.6 Å². The summed E-state index contributed by atoms with van der Waals surface area (Å²) in [6.45, 7) is 1.97. The van der Waals surface area contributed by atoms with Crippen molar-refractivity contribution in [2.75, 3.05) is 5.73 Å². The second-order valence-corrected chi connectivity index (χ2v) is 3.77. The van der Waals surface area contributed by atoms with Crippen molar-refractivity contribution in [3.8, 4) is 11.4 Å². The summed E-state index contributed by atoms with van der Waals surface area (Å²) in [5.41, 5.74) is 8.43. The van der Waals surface area contributed by atoms with Gasteiger partial charge in [0.25, 0.3) is 0 Å². The van der Waals surface area contributed by atoms with E-state index in [0.29, 0.717) is 17.4 Å². The summed E-state index contributed by atoms with van der Waals surface area (Å²) in [5, 5.41) is 8.17. The molecule has 2 N–H and O–H groups in total. The molecule has 0 atom stereocenters. The van der Waals surface area contributed by atoms with E-state index in [0.717, 1.165) is 11.1 Å². The van der Waals surface area contributed by atoms with Crippen molar-refractivity contribution in [3.05, 3.63) is 36.3 Å². The molecule has 0 unspecified atom stereocenters. The first-order valence-electron chi connectivity index (χ1n) is 5.13. The quantitative estimate of drug-likeness (QED) is 0.671. The van der Waals surface area contributed by atoms with Gasteiger partial charge in [0.15, 0.2) is 11.5 Å². The molecule has 6 heteroatoms. The van der Waals surface area contributed by atoms with Crippen molar-refractivity contribution < 1.29 is 0 Å². The molecule has 3 aromatic heterocycles. The minimum atomic E-state index is 0.365. The maximum atomic E-state index is 5.83. The molecule has 0 aliphatic rings. The van der Waals surface area contributed by atoms with Crippen molar-refractivity contribution >= 4 is 11.6 Å². The van der Waals surface area contributed by atoms with Crippen LogP contribution in [-0.4, -0.2) is 24.6 Å². The monoisotopic (exact) mass is 226 g/mol. The van der Waals surface area contributed by atoms with Crippen LogP contribution in [0.5, 0.6) is 0 Å². The van der Waals surface area contributed by atoms with Crippen LogP contribution in [0, 0.1) is 6.92 Å². The molecule has 84 valence electrons. The molecule has 3 heterocycles.